The van der Waals surface area contributed by atoms with Crippen molar-refractivity contribution in [3.63, 3.8) is 0 Å². The molecule has 0 aliphatic carbocycles. The van der Waals surface area contributed by atoms with E-state index in [2.05, 4.69) is 32.2 Å². The van der Waals surface area contributed by atoms with Gasteiger partial charge in [0.25, 0.3) is 0 Å². The van der Waals surface area contributed by atoms with Crippen LogP contribution in [-0.4, -0.2) is 46.7 Å². The highest BCUT2D eigenvalue weighted by Gasteiger charge is 2.23. The van der Waals surface area contributed by atoms with Gasteiger partial charge in [-0.15, -0.1) is 0 Å². The van der Waals surface area contributed by atoms with Crippen molar-refractivity contribution in [2.45, 2.75) is 12.6 Å². The maximum atomic E-state index is 5.53. The van der Waals surface area contributed by atoms with E-state index < -0.39 is 0 Å². The lowest BCUT2D eigenvalue weighted by Crippen LogP contribution is -2.37. The molecule has 1 aliphatic heterocycles. The fourth-order valence-electron chi connectivity index (χ4n) is 2.29. The molecule has 0 bridgehead atoms. The van der Waals surface area contributed by atoms with E-state index in [1.807, 2.05) is 24.4 Å². The van der Waals surface area contributed by atoms with E-state index in [0.29, 0.717) is 13.2 Å². The maximum absolute atomic E-state index is 5.53. The summed E-state index contributed by atoms with van der Waals surface area (Å²) in [7, 11) is 2.08. The van der Waals surface area contributed by atoms with Gasteiger partial charge < -0.3 is 10.1 Å². The molecule has 1 unspecified atom stereocenters. The smallest absolute Gasteiger partial charge is 0.150 e. The first-order chi connectivity index (χ1) is 10.3. The lowest BCUT2D eigenvalue weighted by Gasteiger charge is -2.31. The van der Waals surface area contributed by atoms with Crippen molar-refractivity contribution in [1.29, 1.82) is 0 Å². The molecule has 6 heteroatoms. The SMILES string of the molecule is CN1CCOCC1c1nccc(NCc2cccnc2)n1. The Morgan fingerprint density at radius 1 is 1.38 bits per heavy atom. The lowest BCUT2D eigenvalue weighted by molar-refractivity contribution is 0.00187. The molecule has 1 saturated heterocycles. The van der Waals surface area contributed by atoms with Crippen LogP contribution in [0.25, 0.3) is 0 Å². The summed E-state index contributed by atoms with van der Waals surface area (Å²) < 4.78 is 5.53. The molecule has 3 heterocycles. The van der Waals surface area contributed by atoms with Crippen LogP contribution in [-0.2, 0) is 11.3 Å². The summed E-state index contributed by atoms with van der Waals surface area (Å²) in [6.07, 6.45) is 5.40. The Morgan fingerprint density at radius 3 is 3.14 bits per heavy atom. The minimum atomic E-state index is 0.124. The third-order valence-corrected chi connectivity index (χ3v) is 3.56. The number of likely N-dealkylation sites (N-methyl/N-ethyl adjacent to an activating group) is 1. The lowest BCUT2D eigenvalue weighted by atomic mass is 10.2. The van der Waals surface area contributed by atoms with E-state index in [9.17, 15) is 0 Å². The second-order valence-electron chi connectivity index (χ2n) is 5.09. The average Bonchev–Trinajstić information content (AvgIpc) is 2.55. The number of morpholine rings is 1. The molecule has 1 aliphatic rings. The Balaban J connectivity index is 1.68. The maximum Gasteiger partial charge on any atom is 0.150 e. The van der Waals surface area contributed by atoms with Crippen molar-refractivity contribution >= 4 is 5.82 Å². The van der Waals surface area contributed by atoms with Gasteiger partial charge in [-0.3, -0.25) is 9.88 Å². The molecule has 2 aromatic rings. The van der Waals surface area contributed by atoms with Crippen LogP contribution in [0.5, 0.6) is 0 Å². The first-order valence-electron chi connectivity index (χ1n) is 7.06. The van der Waals surface area contributed by atoms with Crippen molar-refractivity contribution in [2.24, 2.45) is 0 Å². The highest BCUT2D eigenvalue weighted by molar-refractivity contribution is 5.34. The topological polar surface area (TPSA) is 63.2 Å². The Morgan fingerprint density at radius 2 is 2.33 bits per heavy atom. The van der Waals surface area contributed by atoms with Crippen LogP contribution in [0.1, 0.15) is 17.4 Å². The van der Waals surface area contributed by atoms with Gasteiger partial charge in [0.2, 0.25) is 0 Å². The summed E-state index contributed by atoms with van der Waals surface area (Å²) in [6, 6.07) is 5.96. The summed E-state index contributed by atoms with van der Waals surface area (Å²) in [5.74, 6) is 1.62. The summed E-state index contributed by atoms with van der Waals surface area (Å²) in [6.45, 7) is 3.01. The molecular weight excluding hydrogens is 266 g/mol. The first-order valence-corrected chi connectivity index (χ1v) is 7.06. The predicted octanol–water partition coefficient (Wildman–Crippen LogP) is 1.49. The van der Waals surface area contributed by atoms with Crippen LogP contribution in [0.3, 0.4) is 0 Å². The summed E-state index contributed by atoms with van der Waals surface area (Å²) in [5.41, 5.74) is 1.12. The van der Waals surface area contributed by atoms with Gasteiger partial charge in [0.15, 0.2) is 0 Å². The van der Waals surface area contributed by atoms with Gasteiger partial charge in [-0.2, -0.15) is 0 Å². The second kappa shape index (κ2) is 6.60. The first kappa shape index (κ1) is 13.9. The van der Waals surface area contributed by atoms with E-state index in [-0.39, 0.29) is 6.04 Å². The zero-order valence-electron chi connectivity index (χ0n) is 12.1. The number of nitrogens with zero attached hydrogens (tertiary/aromatic N) is 4. The van der Waals surface area contributed by atoms with Gasteiger partial charge in [0, 0.05) is 31.7 Å². The van der Waals surface area contributed by atoms with E-state index >= 15 is 0 Å². The van der Waals surface area contributed by atoms with Gasteiger partial charge in [0.1, 0.15) is 11.6 Å². The number of aromatic nitrogens is 3. The van der Waals surface area contributed by atoms with Crippen molar-refractivity contribution < 1.29 is 4.74 Å². The minimum Gasteiger partial charge on any atom is -0.378 e. The van der Waals surface area contributed by atoms with Crippen LogP contribution in [0.2, 0.25) is 0 Å². The minimum absolute atomic E-state index is 0.124. The molecule has 21 heavy (non-hydrogen) atoms. The molecule has 0 amide bonds. The zero-order valence-corrected chi connectivity index (χ0v) is 12.1. The Bertz CT molecular complexity index is 577. The van der Waals surface area contributed by atoms with Gasteiger partial charge in [-0.25, -0.2) is 9.97 Å². The van der Waals surface area contributed by atoms with E-state index in [4.69, 9.17) is 4.74 Å². The summed E-state index contributed by atoms with van der Waals surface area (Å²) in [4.78, 5) is 15.3. The van der Waals surface area contributed by atoms with Gasteiger partial charge in [-0.05, 0) is 24.7 Å². The number of hydrogen-bond donors (Lipinski definition) is 1. The molecule has 0 radical (unpaired) electrons. The average molecular weight is 285 g/mol. The standard InChI is InChI=1S/C15H19N5O/c1-20-7-8-21-11-13(20)15-17-6-4-14(19-15)18-10-12-3-2-5-16-9-12/h2-6,9,13H,7-8,10-11H2,1H3,(H,17,18,19). The Hall–Kier alpha value is -2.05. The third kappa shape index (κ3) is 3.53. The number of ether oxygens (including phenoxy) is 1. The molecule has 1 fully saturated rings. The van der Waals surface area contributed by atoms with Crippen LogP contribution >= 0.6 is 0 Å². The van der Waals surface area contributed by atoms with Crippen LogP contribution in [0.4, 0.5) is 5.82 Å². The number of pyridine rings is 1. The predicted molar refractivity (Wildman–Crippen MR) is 79.8 cm³/mol. The quantitative estimate of drug-likeness (QED) is 0.918. The Labute approximate surface area is 124 Å². The molecule has 3 rings (SSSR count). The number of hydrogen-bond acceptors (Lipinski definition) is 6. The van der Waals surface area contributed by atoms with Crippen molar-refractivity contribution in [2.75, 3.05) is 32.1 Å². The van der Waals surface area contributed by atoms with E-state index in [0.717, 1.165) is 30.4 Å². The number of anilines is 1. The van der Waals surface area contributed by atoms with Crippen LogP contribution < -0.4 is 5.32 Å². The molecule has 110 valence electrons. The van der Waals surface area contributed by atoms with E-state index in [1.165, 1.54) is 0 Å². The number of nitrogens with one attached hydrogen (secondary N) is 1. The molecule has 2 aromatic heterocycles. The molecule has 1 N–H and O–H groups in total. The normalized spacial score (nSPS) is 19.4. The summed E-state index contributed by atoms with van der Waals surface area (Å²) >= 11 is 0. The fraction of sp³-hybridized carbons (Fsp3) is 0.400. The monoisotopic (exact) mass is 285 g/mol. The summed E-state index contributed by atoms with van der Waals surface area (Å²) in [5, 5.41) is 3.30. The van der Waals surface area contributed by atoms with Crippen LogP contribution in [0, 0.1) is 0 Å². The molecule has 0 saturated carbocycles. The second-order valence-corrected chi connectivity index (χ2v) is 5.09. The highest BCUT2D eigenvalue weighted by atomic mass is 16.5. The van der Waals surface area contributed by atoms with Crippen molar-refractivity contribution in [3.8, 4) is 0 Å². The van der Waals surface area contributed by atoms with Gasteiger partial charge in [0.05, 0.1) is 19.3 Å². The number of rotatable bonds is 4. The highest BCUT2D eigenvalue weighted by Crippen LogP contribution is 2.20. The van der Waals surface area contributed by atoms with E-state index in [1.54, 1.807) is 12.4 Å². The molecule has 0 spiro atoms. The van der Waals surface area contributed by atoms with Crippen LogP contribution in [0.15, 0.2) is 36.8 Å². The van der Waals surface area contributed by atoms with Gasteiger partial charge >= 0.3 is 0 Å². The third-order valence-electron chi connectivity index (χ3n) is 3.56. The van der Waals surface area contributed by atoms with Gasteiger partial charge in [-0.1, -0.05) is 6.07 Å². The van der Waals surface area contributed by atoms with Crippen molar-refractivity contribution in [1.82, 2.24) is 19.9 Å². The fourth-order valence-corrected chi connectivity index (χ4v) is 2.29. The molecule has 0 aromatic carbocycles. The molecular formula is C15H19N5O. The van der Waals surface area contributed by atoms with Crippen molar-refractivity contribution in [3.05, 3.63) is 48.2 Å². The molecule has 6 nitrogen and oxygen atoms in total. The Kier molecular flexibility index (Phi) is 4.37. The zero-order chi connectivity index (χ0) is 14.5. The molecule has 1 atom stereocenters. The largest absolute Gasteiger partial charge is 0.378 e.